The molecule has 5 nitrogen and oxygen atoms in total. The van der Waals surface area contributed by atoms with Crippen molar-refractivity contribution in [3.8, 4) is 0 Å². The van der Waals surface area contributed by atoms with Gasteiger partial charge in [0.25, 0.3) is 0 Å². The Labute approximate surface area is 254 Å². The van der Waals surface area contributed by atoms with Gasteiger partial charge in [-0.3, -0.25) is 0 Å². The van der Waals surface area contributed by atoms with Crippen molar-refractivity contribution in [1.82, 2.24) is 24.2 Å². The molecular formula is C29H49Br2ClN5-3. The highest BCUT2D eigenvalue weighted by Gasteiger charge is 2.08. The predicted octanol–water partition coefficient (Wildman–Crippen LogP) is -2.08. The summed E-state index contributed by atoms with van der Waals surface area (Å²) in [5.41, 5.74) is 1.44. The molecule has 0 N–H and O–H groups in total. The summed E-state index contributed by atoms with van der Waals surface area (Å²) in [7, 11) is 2.08. The van der Waals surface area contributed by atoms with E-state index < -0.39 is 0 Å². The smallest absolute Gasteiger partial charge is 0.0935 e. The van der Waals surface area contributed by atoms with Gasteiger partial charge in [-0.25, -0.2) is 0 Å². The molecular weight excluding hydrogens is 614 g/mol. The number of hydrogen-bond donors (Lipinski definition) is 0. The van der Waals surface area contributed by atoms with E-state index in [9.17, 15) is 0 Å². The molecule has 8 heteroatoms. The lowest BCUT2D eigenvalue weighted by molar-refractivity contribution is -0.00100. The fourth-order valence-corrected chi connectivity index (χ4v) is 4.32. The van der Waals surface area contributed by atoms with Crippen LogP contribution in [0.2, 0.25) is 0 Å². The third-order valence-corrected chi connectivity index (χ3v) is 6.54. The summed E-state index contributed by atoms with van der Waals surface area (Å²) in [6, 6.07) is 2.21. The van der Waals surface area contributed by atoms with Gasteiger partial charge >= 0.3 is 0 Å². The van der Waals surface area contributed by atoms with Crippen LogP contribution < -0.4 is 46.4 Å². The van der Waals surface area contributed by atoms with Crippen LogP contribution >= 0.6 is 0 Å². The van der Waals surface area contributed by atoms with Gasteiger partial charge in [0.1, 0.15) is 0 Å². The first kappa shape index (κ1) is 37.8. The Balaban J connectivity index is 0. The lowest BCUT2D eigenvalue weighted by atomic mass is 10.0. The van der Waals surface area contributed by atoms with Crippen LogP contribution in [0, 0.1) is 0 Å². The lowest BCUT2D eigenvalue weighted by Crippen LogP contribution is -3.00. The van der Waals surface area contributed by atoms with E-state index in [1.807, 2.05) is 17.0 Å². The fraction of sp³-hybridized carbons (Fsp3) is 0.586. The number of nitrogens with zero attached hydrogens (tertiary/aromatic N) is 5. The van der Waals surface area contributed by atoms with Gasteiger partial charge < -0.3 is 70.5 Å². The summed E-state index contributed by atoms with van der Waals surface area (Å²) in [5, 5.41) is 0. The van der Waals surface area contributed by atoms with Crippen LogP contribution in [0.1, 0.15) is 76.7 Å². The third kappa shape index (κ3) is 17.0. The van der Waals surface area contributed by atoms with Crippen molar-refractivity contribution in [2.45, 2.75) is 77.6 Å². The van der Waals surface area contributed by atoms with Gasteiger partial charge in [0.05, 0.1) is 13.3 Å². The van der Waals surface area contributed by atoms with E-state index in [-0.39, 0.29) is 46.4 Å². The molecule has 0 amide bonds. The summed E-state index contributed by atoms with van der Waals surface area (Å²) < 4.78 is 2.03. The Bertz CT molecular complexity index is 752. The van der Waals surface area contributed by atoms with Gasteiger partial charge in [-0.1, -0.05) is 64.5 Å². The highest BCUT2D eigenvalue weighted by Crippen LogP contribution is 2.14. The molecule has 1 aromatic rings. The third-order valence-electron chi connectivity index (χ3n) is 6.54. The molecule has 0 bridgehead atoms. The van der Waals surface area contributed by atoms with Crippen molar-refractivity contribution in [1.29, 1.82) is 0 Å². The van der Waals surface area contributed by atoms with E-state index in [1.165, 1.54) is 82.7 Å². The minimum absolute atomic E-state index is 0. The molecule has 0 atom stereocenters. The fourth-order valence-electron chi connectivity index (χ4n) is 4.32. The van der Waals surface area contributed by atoms with Crippen molar-refractivity contribution >= 4 is 6.20 Å². The first-order valence-corrected chi connectivity index (χ1v) is 13.4. The van der Waals surface area contributed by atoms with E-state index in [0.717, 1.165) is 19.9 Å². The Hall–Kier alpha value is -1.31. The highest BCUT2D eigenvalue weighted by atomic mass is 79.9. The highest BCUT2D eigenvalue weighted by molar-refractivity contribution is 5.23. The normalized spacial score (nSPS) is 13.5. The number of aryl methyl sites for hydroxylation is 1. The number of rotatable bonds is 16. The van der Waals surface area contributed by atoms with Crippen LogP contribution in [0.5, 0.6) is 0 Å². The average molecular weight is 663 g/mol. The summed E-state index contributed by atoms with van der Waals surface area (Å²) in [5.74, 6) is 0. The molecule has 0 radical (unpaired) electrons. The molecule has 2 aliphatic rings. The minimum atomic E-state index is 0. The van der Waals surface area contributed by atoms with Gasteiger partial charge in [-0.15, -0.1) is 0 Å². The van der Waals surface area contributed by atoms with E-state index >= 15 is 0 Å². The molecule has 0 aliphatic carbocycles. The molecule has 214 valence electrons. The van der Waals surface area contributed by atoms with Crippen molar-refractivity contribution in [2.75, 3.05) is 33.5 Å². The molecule has 0 unspecified atom stereocenters. The molecule has 0 fully saturated rings. The first-order chi connectivity index (χ1) is 16.6. The van der Waals surface area contributed by atoms with Crippen LogP contribution in [0.15, 0.2) is 62.6 Å². The van der Waals surface area contributed by atoms with Crippen LogP contribution in [0.3, 0.4) is 0 Å². The van der Waals surface area contributed by atoms with Crippen LogP contribution in [0.4, 0.5) is 0 Å². The SMILES string of the molecule is C=CN1C=CN(CCCCCCCCCCCCc2ccn(C=C)c2)C1.CCN1C=CN(C)C1.[Br-].[Br-].[Cl-]. The zero-order valence-corrected chi connectivity index (χ0v) is 27.0. The maximum absolute atomic E-state index is 3.80. The first-order valence-electron chi connectivity index (χ1n) is 13.4. The topological polar surface area (TPSA) is 17.9 Å². The molecule has 37 heavy (non-hydrogen) atoms. The molecule has 2 aliphatic heterocycles. The molecule has 0 saturated heterocycles. The van der Waals surface area contributed by atoms with Crippen molar-refractivity contribution < 1.29 is 46.4 Å². The second kappa shape index (κ2) is 23.8. The van der Waals surface area contributed by atoms with Gasteiger partial charge in [0.15, 0.2) is 0 Å². The standard InChI is InChI=1S/C23H37N3.C6H12N2.2BrH.ClH/c1-3-24-18-16-23(21-24)15-13-11-9-7-5-6-8-10-12-14-17-26-20-19-25(4-2)22-26;1-3-8-5-4-7(2)6-8;;;/h3-4,16,18-21H,1-2,5-15,17,22H2;4-5H,3,6H2,1-2H3;3*1H/p-3. The quantitative estimate of drug-likeness (QED) is 0.189. The summed E-state index contributed by atoms with van der Waals surface area (Å²) >= 11 is 0. The number of hydrogen-bond acceptors (Lipinski definition) is 4. The molecule has 0 saturated carbocycles. The Kier molecular flexibility index (Phi) is 24.3. The maximum Gasteiger partial charge on any atom is 0.0935 e. The number of aromatic nitrogens is 1. The predicted molar refractivity (Wildman–Crippen MR) is 148 cm³/mol. The average Bonchev–Trinajstić information content (AvgIpc) is 3.61. The largest absolute Gasteiger partial charge is 1.00 e. The summed E-state index contributed by atoms with van der Waals surface area (Å²) in [6.45, 7) is 14.1. The Morgan fingerprint density at radius 1 is 0.757 bits per heavy atom. The number of halogens is 3. The van der Waals surface area contributed by atoms with Gasteiger partial charge in [0, 0.05) is 63.5 Å². The lowest BCUT2D eigenvalue weighted by Gasteiger charge is -2.18. The van der Waals surface area contributed by atoms with Crippen LogP contribution in [0.25, 0.3) is 6.20 Å². The monoisotopic (exact) mass is 660 g/mol. The van der Waals surface area contributed by atoms with E-state index in [0.29, 0.717) is 0 Å². The van der Waals surface area contributed by atoms with Crippen LogP contribution in [-0.4, -0.2) is 57.6 Å². The van der Waals surface area contributed by atoms with Gasteiger partial charge in [-0.2, -0.15) is 0 Å². The summed E-state index contributed by atoms with van der Waals surface area (Å²) in [6.07, 6.45) is 31.5. The molecule has 3 rings (SSSR count). The Morgan fingerprint density at radius 3 is 1.81 bits per heavy atom. The second-order valence-electron chi connectivity index (χ2n) is 9.49. The molecule has 0 spiro atoms. The van der Waals surface area contributed by atoms with Crippen molar-refractivity contribution in [3.05, 3.63) is 68.2 Å². The zero-order chi connectivity index (χ0) is 24.4. The molecule has 0 aromatic carbocycles. The van der Waals surface area contributed by atoms with E-state index in [2.05, 4.69) is 90.0 Å². The van der Waals surface area contributed by atoms with E-state index in [4.69, 9.17) is 0 Å². The maximum atomic E-state index is 3.80. The van der Waals surface area contributed by atoms with Gasteiger partial charge in [-0.05, 0) is 44.0 Å². The second-order valence-corrected chi connectivity index (χ2v) is 9.49. The minimum Gasteiger partial charge on any atom is -1.00 e. The molecule has 1 aromatic heterocycles. The van der Waals surface area contributed by atoms with Crippen LogP contribution in [-0.2, 0) is 6.42 Å². The molecule has 3 heterocycles. The van der Waals surface area contributed by atoms with Crippen molar-refractivity contribution in [3.63, 3.8) is 0 Å². The Morgan fingerprint density at radius 2 is 1.35 bits per heavy atom. The van der Waals surface area contributed by atoms with E-state index in [1.54, 1.807) is 0 Å². The zero-order valence-electron chi connectivity index (χ0n) is 23.1. The van der Waals surface area contributed by atoms with Crippen molar-refractivity contribution in [2.24, 2.45) is 0 Å². The number of unbranched alkanes of at least 4 members (excludes halogenated alkanes) is 9. The summed E-state index contributed by atoms with van der Waals surface area (Å²) in [4.78, 5) is 8.90. The van der Waals surface area contributed by atoms with Gasteiger partial charge in [0.2, 0.25) is 0 Å².